The Kier molecular flexibility index (Phi) is 6.53. The molecular formula is C28H37N5O2. The van der Waals surface area contributed by atoms with Gasteiger partial charge in [-0.1, -0.05) is 42.8 Å². The molecule has 1 spiro atoms. The zero-order chi connectivity index (χ0) is 24.5. The van der Waals surface area contributed by atoms with E-state index in [-0.39, 0.29) is 29.6 Å². The molecule has 186 valence electrons. The third kappa shape index (κ3) is 4.54. The lowest BCUT2D eigenvalue weighted by atomic mass is 9.68. The zero-order valence-electron chi connectivity index (χ0n) is 20.9. The number of hydrogen-bond acceptors (Lipinski definition) is 4. The number of benzene rings is 1. The molecule has 1 aromatic carbocycles. The van der Waals surface area contributed by atoms with Crippen LogP contribution in [0.25, 0.3) is 0 Å². The van der Waals surface area contributed by atoms with E-state index in [1.807, 2.05) is 12.1 Å². The number of amides is 3. The third-order valence-corrected chi connectivity index (χ3v) is 8.67. The number of nitrogens with zero attached hydrogens (tertiary/aromatic N) is 4. The van der Waals surface area contributed by atoms with Crippen molar-refractivity contribution in [1.82, 2.24) is 19.7 Å². The van der Waals surface area contributed by atoms with E-state index in [1.54, 1.807) is 17.2 Å². The van der Waals surface area contributed by atoms with Crippen LogP contribution in [0.1, 0.15) is 50.5 Å². The van der Waals surface area contributed by atoms with Crippen LogP contribution in [0.3, 0.4) is 0 Å². The van der Waals surface area contributed by atoms with Crippen molar-refractivity contribution in [2.75, 3.05) is 39.0 Å². The Bertz CT molecular complexity index is 1030. The van der Waals surface area contributed by atoms with Gasteiger partial charge in [-0.15, -0.1) is 0 Å². The molecule has 7 heteroatoms. The van der Waals surface area contributed by atoms with Crippen LogP contribution < -0.4 is 5.32 Å². The lowest BCUT2D eigenvalue weighted by Crippen LogP contribution is -2.56. The molecule has 1 aromatic heterocycles. The van der Waals surface area contributed by atoms with E-state index in [1.165, 1.54) is 24.8 Å². The largest absolute Gasteiger partial charge is 0.321 e. The maximum absolute atomic E-state index is 13.7. The second-order valence-electron chi connectivity index (χ2n) is 10.8. The van der Waals surface area contributed by atoms with Crippen LogP contribution in [-0.2, 0) is 10.3 Å². The Morgan fingerprint density at radius 1 is 1.06 bits per heavy atom. The highest BCUT2D eigenvalue weighted by molar-refractivity contribution is 5.94. The first-order valence-corrected chi connectivity index (χ1v) is 12.9. The number of aromatic nitrogens is 1. The maximum Gasteiger partial charge on any atom is 0.321 e. The Morgan fingerprint density at radius 2 is 1.77 bits per heavy atom. The van der Waals surface area contributed by atoms with Crippen LogP contribution in [0.5, 0.6) is 0 Å². The summed E-state index contributed by atoms with van der Waals surface area (Å²) >= 11 is 0. The van der Waals surface area contributed by atoms with Gasteiger partial charge in [-0.3, -0.25) is 9.69 Å². The number of rotatable bonds is 7. The average Bonchev–Trinajstić information content (AvgIpc) is 3.08. The SMILES string of the molecule is CN(C)[C@]1(c2ccccc2)CC[C@@]2(CC1)CN(CC(=O)Nc1ccccn1)C(=O)N2CC1CCC1. The van der Waals surface area contributed by atoms with E-state index in [4.69, 9.17) is 0 Å². The summed E-state index contributed by atoms with van der Waals surface area (Å²) in [6.45, 7) is 1.50. The molecule has 0 bridgehead atoms. The molecule has 7 nitrogen and oxygen atoms in total. The predicted molar refractivity (Wildman–Crippen MR) is 137 cm³/mol. The first-order valence-electron chi connectivity index (χ1n) is 12.9. The Labute approximate surface area is 208 Å². The number of carbonyl (C=O) groups is 2. The van der Waals surface area contributed by atoms with Gasteiger partial charge in [0.1, 0.15) is 12.4 Å². The van der Waals surface area contributed by atoms with Gasteiger partial charge in [-0.25, -0.2) is 9.78 Å². The summed E-state index contributed by atoms with van der Waals surface area (Å²) in [7, 11) is 4.34. The molecular weight excluding hydrogens is 438 g/mol. The molecule has 1 saturated heterocycles. The fourth-order valence-electron chi connectivity index (χ4n) is 6.30. The van der Waals surface area contributed by atoms with Gasteiger partial charge in [-0.05, 0) is 76.2 Å². The molecule has 2 saturated carbocycles. The van der Waals surface area contributed by atoms with Crippen LogP contribution in [0.4, 0.5) is 10.6 Å². The van der Waals surface area contributed by atoms with E-state index < -0.39 is 0 Å². The van der Waals surface area contributed by atoms with E-state index >= 15 is 0 Å². The zero-order valence-corrected chi connectivity index (χ0v) is 20.9. The number of hydrogen-bond donors (Lipinski definition) is 1. The summed E-state index contributed by atoms with van der Waals surface area (Å²) in [5.74, 6) is 0.912. The van der Waals surface area contributed by atoms with Gasteiger partial charge < -0.3 is 15.1 Å². The van der Waals surface area contributed by atoms with Crippen LogP contribution >= 0.6 is 0 Å². The summed E-state index contributed by atoms with van der Waals surface area (Å²) in [5.41, 5.74) is 1.12. The average molecular weight is 476 g/mol. The van der Waals surface area contributed by atoms with Gasteiger partial charge >= 0.3 is 6.03 Å². The maximum atomic E-state index is 13.7. The molecule has 0 unspecified atom stereocenters. The third-order valence-electron chi connectivity index (χ3n) is 8.67. The van der Waals surface area contributed by atoms with Gasteiger partial charge in [0.25, 0.3) is 0 Å². The molecule has 0 radical (unpaired) electrons. The van der Waals surface area contributed by atoms with Crippen molar-refractivity contribution in [1.29, 1.82) is 0 Å². The monoisotopic (exact) mass is 475 g/mol. The van der Waals surface area contributed by atoms with E-state index in [0.29, 0.717) is 18.3 Å². The molecule has 2 aliphatic carbocycles. The van der Waals surface area contributed by atoms with E-state index in [9.17, 15) is 9.59 Å². The molecule has 1 aliphatic heterocycles. The van der Waals surface area contributed by atoms with Crippen LogP contribution in [0.2, 0.25) is 0 Å². The highest BCUT2D eigenvalue weighted by atomic mass is 16.2. The minimum Gasteiger partial charge on any atom is -0.317 e. The van der Waals surface area contributed by atoms with Crippen molar-refractivity contribution in [3.63, 3.8) is 0 Å². The highest BCUT2D eigenvalue weighted by Crippen LogP contribution is 2.49. The number of nitrogens with one attached hydrogen (secondary N) is 1. The second kappa shape index (κ2) is 9.61. The first kappa shape index (κ1) is 23.8. The van der Waals surface area contributed by atoms with Crippen molar-refractivity contribution in [2.24, 2.45) is 5.92 Å². The Hall–Kier alpha value is -2.93. The number of urea groups is 1. The predicted octanol–water partition coefficient (Wildman–Crippen LogP) is 4.33. The first-order chi connectivity index (χ1) is 16.9. The second-order valence-corrected chi connectivity index (χ2v) is 10.8. The summed E-state index contributed by atoms with van der Waals surface area (Å²) < 4.78 is 0. The van der Waals surface area contributed by atoms with Crippen LogP contribution in [0.15, 0.2) is 54.7 Å². The minimum atomic E-state index is -0.202. The highest BCUT2D eigenvalue weighted by Gasteiger charge is 2.55. The quantitative estimate of drug-likeness (QED) is 0.647. The van der Waals surface area contributed by atoms with E-state index in [0.717, 1.165) is 32.2 Å². The molecule has 35 heavy (non-hydrogen) atoms. The lowest BCUT2D eigenvalue weighted by Gasteiger charge is -2.51. The summed E-state index contributed by atoms with van der Waals surface area (Å²) in [6, 6.07) is 16.2. The van der Waals surface area contributed by atoms with Crippen molar-refractivity contribution < 1.29 is 9.59 Å². The van der Waals surface area contributed by atoms with E-state index in [2.05, 4.69) is 64.5 Å². The van der Waals surface area contributed by atoms with Crippen molar-refractivity contribution in [3.05, 3.63) is 60.3 Å². The molecule has 3 fully saturated rings. The van der Waals surface area contributed by atoms with Crippen molar-refractivity contribution >= 4 is 17.8 Å². The molecule has 3 aliphatic rings. The van der Waals surface area contributed by atoms with Gasteiger partial charge in [0, 0.05) is 24.8 Å². The number of pyridine rings is 1. The topological polar surface area (TPSA) is 68.8 Å². The van der Waals surface area contributed by atoms with Gasteiger partial charge in [-0.2, -0.15) is 0 Å². The minimum absolute atomic E-state index is 0.0186. The molecule has 0 atom stereocenters. The summed E-state index contributed by atoms with van der Waals surface area (Å²) in [5, 5.41) is 2.84. The molecule has 3 amide bonds. The van der Waals surface area contributed by atoms with Gasteiger partial charge in [0.05, 0.1) is 5.54 Å². The van der Waals surface area contributed by atoms with Crippen molar-refractivity contribution in [2.45, 2.75) is 56.0 Å². The van der Waals surface area contributed by atoms with Crippen LogP contribution in [-0.4, -0.2) is 70.9 Å². The standard InChI is InChI=1S/C28H37N5O2/c1-31(2)28(23-11-4-3-5-12-23)16-14-27(15-17-28)21-32(26(35)33(27)19-22-9-8-10-22)20-25(34)30-24-13-6-7-18-29-24/h3-7,11-13,18,22H,8-10,14-17,19-21H2,1-2H3,(H,29,30,34)/t27-,28-. The number of carbonyl (C=O) groups excluding carboxylic acids is 2. The molecule has 2 aromatic rings. The Morgan fingerprint density at radius 3 is 2.37 bits per heavy atom. The fraction of sp³-hybridized carbons (Fsp3) is 0.536. The number of anilines is 1. The normalized spacial score (nSPS) is 26.9. The van der Waals surface area contributed by atoms with Crippen molar-refractivity contribution in [3.8, 4) is 0 Å². The lowest BCUT2D eigenvalue weighted by molar-refractivity contribution is -0.116. The summed E-state index contributed by atoms with van der Waals surface area (Å²) in [4.78, 5) is 36.9. The Balaban J connectivity index is 1.34. The van der Waals surface area contributed by atoms with Gasteiger partial charge in [0.15, 0.2) is 0 Å². The molecule has 2 heterocycles. The smallest absolute Gasteiger partial charge is 0.317 e. The molecule has 5 rings (SSSR count). The van der Waals surface area contributed by atoms with Gasteiger partial charge in [0.2, 0.25) is 5.91 Å². The molecule has 1 N–H and O–H groups in total. The van der Waals surface area contributed by atoms with Crippen LogP contribution in [0, 0.1) is 5.92 Å². The fourth-order valence-corrected chi connectivity index (χ4v) is 6.30. The summed E-state index contributed by atoms with van der Waals surface area (Å²) in [6.07, 6.45) is 9.18.